The van der Waals surface area contributed by atoms with Crippen LogP contribution in [0.1, 0.15) is 44.2 Å². The number of amides is 1. The number of carbonyl (C=O) groups excluding carboxylic acids is 1. The molecule has 0 aromatic heterocycles. The first-order valence-electron chi connectivity index (χ1n) is 7.97. The first-order chi connectivity index (χ1) is 10.8. The maximum Gasteiger partial charge on any atom is 0.416 e. The molecule has 0 spiro atoms. The number of alkyl halides is 3. The number of benzene rings is 1. The maximum atomic E-state index is 12.9. The Bertz CT molecular complexity index is 608. The van der Waals surface area contributed by atoms with Gasteiger partial charge >= 0.3 is 12.3 Å². The summed E-state index contributed by atoms with van der Waals surface area (Å²) in [5, 5.41) is 0. The predicted molar refractivity (Wildman–Crippen MR) is 80.4 cm³/mol. The van der Waals surface area contributed by atoms with Crippen molar-refractivity contribution < 1.29 is 22.7 Å². The monoisotopic (exact) mass is 327 g/mol. The van der Waals surface area contributed by atoms with Crippen molar-refractivity contribution >= 4 is 11.8 Å². The Morgan fingerprint density at radius 1 is 1.26 bits per heavy atom. The molecule has 6 heteroatoms. The lowest BCUT2D eigenvalue weighted by Gasteiger charge is -2.37. The van der Waals surface area contributed by atoms with Gasteiger partial charge in [0.2, 0.25) is 0 Å². The largest absolute Gasteiger partial charge is 0.446 e. The maximum absolute atomic E-state index is 12.9. The van der Waals surface area contributed by atoms with Crippen LogP contribution in [0.4, 0.5) is 23.7 Å². The van der Waals surface area contributed by atoms with Gasteiger partial charge in [-0.3, -0.25) is 4.90 Å². The smallest absolute Gasteiger partial charge is 0.416 e. The molecule has 0 saturated heterocycles. The van der Waals surface area contributed by atoms with Gasteiger partial charge < -0.3 is 4.74 Å². The van der Waals surface area contributed by atoms with E-state index in [9.17, 15) is 18.0 Å². The van der Waals surface area contributed by atoms with E-state index in [4.69, 9.17) is 4.74 Å². The molecule has 23 heavy (non-hydrogen) atoms. The van der Waals surface area contributed by atoms with Crippen molar-refractivity contribution in [1.82, 2.24) is 0 Å². The highest BCUT2D eigenvalue weighted by Gasteiger charge is 2.42. The summed E-state index contributed by atoms with van der Waals surface area (Å²) in [4.78, 5) is 14.1. The molecule has 1 saturated carbocycles. The Kier molecular flexibility index (Phi) is 4.02. The Balaban J connectivity index is 1.96. The van der Waals surface area contributed by atoms with Crippen LogP contribution in [0.5, 0.6) is 0 Å². The zero-order valence-electron chi connectivity index (χ0n) is 13.2. The van der Waals surface area contributed by atoms with Gasteiger partial charge in [-0.25, -0.2) is 4.79 Å². The number of halogens is 3. The average Bonchev–Trinajstić information content (AvgIpc) is 3.28. The molecule has 126 valence electrons. The van der Waals surface area contributed by atoms with Crippen LogP contribution >= 0.6 is 0 Å². The molecule has 1 heterocycles. The van der Waals surface area contributed by atoms with Gasteiger partial charge in [0.15, 0.2) is 0 Å². The van der Waals surface area contributed by atoms with Gasteiger partial charge in [-0.05, 0) is 69.2 Å². The summed E-state index contributed by atoms with van der Waals surface area (Å²) in [6.07, 6.45) is -1.72. The van der Waals surface area contributed by atoms with Gasteiger partial charge in [-0.2, -0.15) is 13.2 Å². The van der Waals surface area contributed by atoms with Crippen LogP contribution < -0.4 is 4.90 Å². The van der Waals surface area contributed by atoms with Gasteiger partial charge in [0.05, 0.1) is 17.4 Å². The van der Waals surface area contributed by atoms with Gasteiger partial charge in [0.25, 0.3) is 0 Å². The minimum Gasteiger partial charge on any atom is -0.446 e. The van der Waals surface area contributed by atoms with E-state index in [0.717, 1.165) is 25.0 Å². The van der Waals surface area contributed by atoms with Gasteiger partial charge in [-0.15, -0.1) is 0 Å². The summed E-state index contributed by atoms with van der Waals surface area (Å²) < 4.78 is 44.0. The molecule has 1 aliphatic carbocycles. The molecule has 2 aliphatic rings. The molecule has 1 fully saturated rings. The highest BCUT2D eigenvalue weighted by molar-refractivity contribution is 5.90. The van der Waals surface area contributed by atoms with Crippen molar-refractivity contribution in [2.75, 3.05) is 4.90 Å². The van der Waals surface area contributed by atoms with Crippen molar-refractivity contribution in [3.8, 4) is 0 Å². The number of aryl methyl sites for hydroxylation is 1. The predicted octanol–water partition coefficient (Wildman–Crippen LogP) is 4.78. The molecule has 0 bridgehead atoms. The van der Waals surface area contributed by atoms with Crippen molar-refractivity contribution in [2.24, 2.45) is 5.92 Å². The Morgan fingerprint density at radius 2 is 1.96 bits per heavy atom. The van der Waals surface area contributed by atoms with Crippen molar-refractivity contribution in [3.63, 3.8) is 0 Å². The third-order valence-corrected chi connectivity index (χ3v) is 4.41. The van der Waals surface area contributed by atoms with Gasteiger partial charge in [-0.1, -0.05) is 0 Å². The van der Waals surface area contributed by atoms with Crippen LogP contribution in [-0.2, 0) is 17.3 Å². The SMILES string of the molecule is CC(C)OC(=O)N1c2ccc(C(F)(F)F)cc2CC[C@@H]1C1CC1. The number of hydrogen-bond acceptors (Lipinski definition) is 2. The molecule has 3 rings (SSSR count). The number of rotatable bonds is 2. The van der Waals surface area contributed by atoms with Crippen molar-refractivity contribution in [3.05, 3.63) is 29.3 Å². The average molecular weight is 327 g/mol. The van der Waals surface area contributed by atoms with Gasteiger partial charge in [0, 0.05) is 6.04 Å². The second-order valence-electron chi connectivity index (χ2n) is 6.59. The molecule has 1 amide bonds. The van der Waals surface area contributed by atoms with Crippen LogP contribution in [0.25, 0.3) is 0 Å². The molecular weight excluding hydrogens is 307 g/mol. The van der Waals surface area contributed by atoms with Crippen LogP contribution in [-0.4, -0.2) is 18.2 Å². The van der Waals surface area contributed by atoms with E-state index in [1.54, 1.807) is 18.7 Å². The topological polar surface area (TPSA) is 29.5 Å². The third-order valence-electron chi connectivity index (χ3n) is 4.41. The molecule has 0 radical (unpaired) electrons. The number of anilines is 1. The number of fused-ring (bicyclic) bond motifs is 1. The summed E-state index contributed by atoms with van der Waals surface area (Å²) in [6.45, 7) is 3.53. The minimum absolute atomic E-state index is 0.0329. The first-order valence-corrected chi connectivity index (χ1v) is 7.97. The lowest BCUT2D eigenvalue weighted by atomic mass is 9.92. The second kappa shape index (κ2) is 5.73. The minimum atomic E-state index is -4.37. The van der Waals surface area contributed by atoms with Crippen LogP contribution in [0.3, 0.4) is 0 Å². The molecule has 1 aromatic carbocycles. The fourth-order valence-electron chi connectivity index (χ4n) is 3.23. The van der Waals surface area contributed by atoms with Crippen molar-refractivity contribution in [2.45, 2.75) is 57.9 Å². The highest BCUT2D eigenvalue weighted by Crippen LogP contribution is 2.44. The third kappa shape index (κ3) is 3.31. The zero-order valence-corrected chi connectivity index (χ0v) is 13.2. The number of carbonyl (C=O) groups is 1. The number of ether oxygens (including phenoxy) is 1. The molecule has 0 unspecified atom stereocenters. The summed E-state index contributed by atoms with van der Waals surface area (Å²) in [7, 11) is 0. The molecule has 1 aromatic rings. The van der Waals surface area contributed by atoms with E-state index in [1.807, 2.05) is 0 Å². The normalized spacial score (nSPS) is 21.3. The molecule has 1 aliphatic heterocycles. The number of hydrogen-bond donors (Lipinski definition) is 0. The molecule has 0 N–H and O–H groups in total. The van der Waals surface area contributed by atoms with Crippen LogP contribution in [0, 0.1) is 5.92 Å². The zero-order chi connectivity index (χ0) is 16.8. The second-order valence-corrected chi connectivity index (χ2v) is 6.59. The van der Waals surface area contributed by atoms with Crippen LogP contribution in [0.2, 0.25) is 0 Å². The fraction of sp³-hybridized carbons (Fsp3) is 0.588. The Labute approximate surface area is 133 Å². The lowest BCUT2D eigenvalue weighted by molar-refractivity contribution is -0.137. The Morgan fingerprint density at radius 3 is 2.52 bits per heavy atom. The molecular formula is C17H20F3NO2. The molecule has 1 atom stereocenters. The van der Waals surface area contributed by atoms with Crippen LogP contribution in [0.15, 0.2) is 18.2 Å². The van der Waals surface area contributed by atoms with Gasteiger partial charge in [0.1, 0.15) is 0 Å². The van der Waals surface area contributed by atoms with E-state index >= 15 is 0 Å². The fourth-order valence-corrected chi connectivity index (χ4v) is 3.23. The lowest BCUT2D eigenvalue weighted by Crippen LogP contribution is -2.46. The number of nitrogens with zero attached hydrogens (tertiary/aromatic N) is 1. The summed E-state index contributed by atoms with van der Waals surface area (Å²) >= 11 is 0. The Hall–Kier alpha value is -1.72. The van der Waals surface area contributed by atoms with Crippen molar-refractivity contribution in [1.29, 1.82) is 0 Å². The standard InChI is InChI=1S/C17H20F3NO2/c1-10(2)23-16(22)21-14(11-3-4-11)7-5-12-9-13(17(18,19)20)6-8-15(12)21/h6,8-11,14H,3-5,7H2,1-2H3/t14-/m1/s1. The van der Waals surface area contributed by atoms with E-state index in [-0.39, 0.29) is 12.1 Å². The van der Waals surface area contributed by atoms with E-state index in [1.165, 1.54) is 6.07 Å². The summed E-state index contributed by atoms with van der Waals surface area (Å²) in [5.74, 6) is 0.435. The highest BCUT2D eigenvalue weighted by atomic mass is 19.4. The van der Waals surface area contributed by atoms with E-state index in [2.05, 4.69) is 0 Å². The van der Waals surface area contributed by atoms with E-state index < -0.39 is 17.8 Å². The van der Waals surface area contributed by atoms with E-state index in [0.29, 0.717) is 30.0 Å². The summed E-state index contributed by atoms with van der Waals surface area (Å²) in [6, 6.07) is 3.65. The molecule has 3 nitrogen and oxygen atoms in total. The quantitative estimate of drug-likeness (QED) is 0.782. The first kappa shape index (κ1) is 16.1. The summed E-state index contributed by atoms with van der Waals surface area (Å²) in [5.41, 5.74) is 0.461.